The number of hydrogen-bond donors (Lipinski definition) is 2. The number of aromatic carboxylic acids is 1. The number of rotatable bonds is 9. The molecule has 0 saturated carbocycles. The summed E-state index contributed by atoms with van der Waals surface area (Å²) in [7, 11) is 0. The van der Waals surface area contributed by atoms with Crippen LogP contribution in [0.15, 0.2) is 46.6 Å². The van der Waals surface area contributed by atoms with Crippen LogP contribution in [0.4, 0.5) is 0 Å². The third-order valence-corrected chi connectivity index (χ3v) is 7.61. The molecule has 0 radical (unpaired) electrons. The van der Waals surface area contributed by atoms with Crippen molar-refractivity contribution in [3.8, 4) is 11.5 Å². The summed E-state index contributed by atoms with van der Waals surface area (Å²) in [6, 6.07) is 6.89. The predicted molar refractivity (Wildman–Crippen MR) is 125 cm³/mol. The van der Waals surface area contributed by atoms with Gasteiger partial charge in [0.05, 0.1) is 34.5 Å². The summed E-state index contributed by atoms with van der Waals surface area (Å²) in [5.74, 6) is -1.43. The minimum absolute atomic E-state index is 0.00962. The lowest BCUT2D eigenvalue weighted by Gasteiger charge is -2.19. The first-order chi connectivity index (χ1) is 13.6. The van der Waals surface area contributed by atoms with Crippen molar-refractivity contribution in [2.24, 2.45) is 0 Å². The summed E-state index contributed by atoms with van der Waals surface area (Å²) < 4.78 is 13.8. The van der Waals surface area contributed by atoms with Gasteiger partial charge in [-0.25, -0.2) is 9.59 Å². The Morgan fingerprint density at radius 3 is 2.10 bits per heavy atom. The third-order valence-electron chi connectivity index (χ3n) is 3.66. The number of aliphatic carboxylic acids is 1. The molecule has 29 heavy (non-hydrogen) atoms. The van der Waals surface area contributed by atoms with E-state index in [2.05, 4.69) is 79.6 Å². The topological polar surface area (TPSA) is 93.1 Å². The molecule has 1 atom stereocenters. The van der Waals surface area contributed by atoms with Gasteiger partial charge >= 0.3 is 11.9 Å². The Labute approximate surface area is 208 Å². The molecule has 2 N–H and O–H groups in total. The van der Waals surface area contributed by atoms with Gasteiger partial charge in [0.2, 0.25) is 0 Å². The Kier molecular flexibility index (Phi) is 9.46. The third kappa shape index (κ3) is 6.43. The van der Waals surface area contributed by atoms with E-state index in [1.165, 1.54) is 6.07 Å². The fraction of sp³-hybridized carbons (Fsp3) is 0.222. The monoisotopic (exact) mass is 720 g/mol. The molecular weight excluding hydrogens is 712 g/mol. The molecule has 0 aromatic heterocycles. The van der Waals surface area contributed by atoms with Crippen molar-refractivity contribution in [3.63, 3.8) is 0 Å². The Morgan fingerprint density at radius 2 is 1.55 bits per heavy atom. The summed E-state index contributed by atoms with van der Waals surface area (Å²) in [5, 5.41) is 18.7. The first-order valence-corrected chi connectivity index (χ1v) is 12.0. The predicted octanol–water partition coefficient (Wildman–Crippen LogP) is 6.89. The maximum absolute atomic E-state index is 11.6. The smallest absolute Gasteiger partial charge is 0.344 e. The molecule has 2 rings (SSSR count). The second-order valence-corrected chi connectivity index (χ2v) is 9.80. The van der Waals surface area contributed by atoms with Gasteiger partial charge < -0.3 is 19.7 Å². The van der Waals surface area contributed by atoms with Gasteiger partial charge in [0.15, 0.2) is 6.10 Å². The highest BCUT2D eigenvalue weighted by Crippen LogP contribution is 2.42. The van der Waals surface area contributed by atoms with E-state index in [-0.39, 0.29) is 22.2 Å². The van der Waals surface area contributed by atoms with Crippen LogP contribution in [0.3, 0.4) is 0 Å². The number of carbonyl (C=O) groups is 2. The lowest BCUT2D eigenvalue weighted by atomic mass is 10.2. The summed E-state index contributed by atoms with van der Waals surface area (Å²) >= 11 is 16.5. The minimum atomic E-state index is -1.14. The fourth-order valence-corrected chi connectivity index (χ4v) is 5.28. The van der Waals surface area contributed by atoms with Crippen molar-refractivity contribution in [2.75, 3.05) is 6.61 Å². The summed E-state index contributed by atoms with van der Waals surface area (Å²) in [6.45, 7) is 0.290. The summed E-state index contributed by atoms with van der Waals surface area (Å²) in [4.78, 5) is 22.9. The van der Waals surface area contributed by atoms with Crippen molar-refractivity contribution in [1.29, 1.82) is 0 Å². The Morgan fingerprint density at radius 1 is 0.931 bits per heavy atom. The van der Waals surface area contributed by atoms with E-state index < -0.39 is 18.0 Å². The number of carboxylic acid groups (broad SMARTS) is 2. The van der Waals surface area contributed by atoms with Crippen molar-refractivity contribution in [3.05, 3.63) is 52.2 Å². The second kappa shape index (κ2) is 11.1. The molecule has 0 aliphatic heterocycles. The Hall–Kier alpha value is -0.620. The van der Waals surface area contributed by atoms with Crippen LogP contribution in [-0.4, -0.2) is 34.9 Å². The van der Waals surface area contributed by atoms with Gasteiger partial charge in [-0.2, -0.15) is 0 Å². The van der Waals surface area contributed by atoms with Crippen LogP contribution in [0.1, 0.15) is 23.2 Å². The average molecular weight is 725 g/mol. The normalized spacial score (nSPS) is 11.8. The highest BCUT2D eigenvalue weighted by Gasteiger charge is 2.25. The molecule has 2 aromatic rings. The van der Waals surface area contributed by atoms with E-state index in [0.717, 1.165) is 8.95 Å². The zero-order valence-corrected chi connectivity index (χ0v) is 22.4. The molecule has 1 unspecified atom stereocenters. The molecule has 0 heterocycles. The van der Waals surface area contributed by atoms with Gasteiger partial charge in [-0.1, -0.05) is 6.07 Å². The van der Waals surface area contributed by atoms with E-state index in [1.807, 2.05) is 18.2 Å². The summed E-state index contributed by atoms with van der Waals surface area (Å²) in [5.41, 5.74) is 0.00962. The standard InChI is InChI=1S/C18H13Br5O6/c19-9-3-1-4-10(20)15(9)28-6-2-5-12(18(26)27)29-16-11(21)7-8(17(24)25)13(22)14(16)23/h1,3-4,7,12H,2,5-6H2,(H,24,25)(H,26,27). The van der Waals surface area contributed by atoms with Crippen LogP contribution in [0, 0.1) is 0 Å². The van der Waals surface area contributed by atoms with Crippen LogP contribution < -0.4 is 9.47 Å². The molecule has 0 bridgehead atoms. The maximum Gasteiger partial charge on any atom is 0.344 e. The molecule has 0 amide bonds. The molecule has 0 aliphatic rings. The van der Waals surface area contributed by atoms with Crippen molar-refractivity contribution < 1.29 is 29.3 Å². The molecule has 6 nitrogen and oxygen atoms in total. The van der Waals surface area contributed by atoms with E-state index >= 15 is 0 Å². The van der Waals surface area contributed by atoms with E-state index in [1.54, 1.807) is 0 Å². The number of carboxylic acids is 2. The molecule has 0 saturated heterocycles. The number of para-hydroxylation sites is 1. The summed E-state index contributed by atoms with van der Waals surface area (Å²) in [6.07, 6.45) is -0.528. The van der Waals surface area contributed by atoms with Gasteiger partial charge in [-0.15, -0.1) is 0 Å². The first-order valence-electron chi connectivity index (χ1n) is 8.00. The van der Waals surface area contributed by atoms with Crippen molar-refractivity contribution >= 4 is 91.6 Å². The molecule has 0 aliphatic carbocycles. The van der Waals surface area contributed by atoms with Crippen LogP contribution in [0.5, 0.6) is 11.5 Å². The zero-order chi connectivity index (χ0) is 21.7. The molecule has 0 fully saturated rings. The fourth-order valence-electron chi connectivity index (χ4n) is 2.28. The molecule has 11 heteroatoms. The lowest BCUT2D eigenvalue weighted by molar-refractivity contribution is -0.145. The highest BCUT2D eigenvalue weighted by molar-refractivity contribution is 9.13. The van der Waals surface area contributed by atoms with Gasteiger partial charge in [0, 0.05) is 0 Å². The Balaban J connectivity index is 2.07. The highest BCUT2D eigenvalue weighted by atomic mass is 79.9. The number of ether oxygens (including phenoxy) is 2. The largest absolute Gasteiger partial charge is 0.491 e. The quantitative estimate of drug-likeness (QED) is 0.216. The number of halogens is 5. The zero-order valence-electron chi connectivity index (χ0n) is 14.4. The average Bonchev–Trinajstić information content (AvgIpc) is 2.64. The van der Waals surface area contributed by atoms with E-state index in [9.17, 15) is 19.8 Å². The van der Waals surface area contributed by atoms with Gasteiger partial charge in [0.1, 0.15) is 11.5 Å². The SMILES string of the molecule is O=C(O)c1cc(Br)c(OC(CCCOc2c(Br)cccc2Br)C(=O)O)c(Br)c1Br. The van der Waals surface area contributed by atoms with Gasteiger partial charge in [0.25, 0.3) is 0 Å². The van der Waals surface area contributed by atoms with Gasteiger partial charge in [-0.3, -0.25) is 0 Å². The Bertz CT molecular complexity index is 913. The van der Waals surface area contributed by atoms with E-state index in [0.29, 0.717) is 27.7 Å². The molecular formula is C18H13Br5O6. The maximum atomic E-state index is 11.6. The lowest BCUT2D eigenvalue weighted by Crippen LogP contribution is -2.28. The van der Waals surface area contributed by atoms with Crippen LogP contribution in [0.2, 0.25) is 0 Å². The number of hydrogen-bond acceptors (Lipinski definition) is 4. The molecule has 2 aromatic carbocycles. The van der Waals surface area contributed by atoms with Crippen LogP contribution in [-0.2, 0) is 4.79 Å². The molecule has 0 spiro atoms. The van der Waals surface area contributed by atoms with Crippen molar-refractivity contribution in [2.45, 2.75) is 18.9 Å². The second-order valence-electron chi connectivity index (χ2n) is 5.65. The number of benzene rings is 2. The van der Waals surface area contributed by atoms with Gasteiger partial charge in [-0.05, 0) is 111 Å². The van der Waals surface area contributed by atoms with E-state index in [4.69, 9.17) is 9.47 Å². The van der Waals surface area contributed by atoms with Crippen LogP contribution >= 0.6 is 79.6 Å². The van der Waals surface area contributed by atoms with Crippen LogP contribution in [0.25, 0.3) is 0 Å². The first kappa shape index (κ1) is 24.6. The molecule has 156 valence electrons. The van der Waals surface area contributed by atoms with Crippen molar-refractivity contribution in [1.82, 2.24) is 0 Å². The minimum Gasteiger partial charge on any atom is -0.491 e.